The summed E-state index contributed by atoms with van der Waals surface area (Å²) in [4.78, 5) is 13.9. The first-order valence-electron chi connectivity index (χ1n) is 10.1. The van der Waals surface area contributed by atoms with Gasteiger partial charge in [0.25, 0.3) is 0 Å². The van der Waals surface area contributed by atoms with Gasteiger partial charge in [0.05, 0.1) is 6.04 Å². The molecule has 0 aliphatic carbocycles. The van der Waals surface area contributed by atoms with Gasteiger partial charge in [0.2, 0.25) is 0 Å². The van der Waals surface area contributed by atoms with Crippen molar-refractivity contribution in [3.05, 3.63) is 65.2 Å². The zero-order valence-electron chi connectivity index (χ0n) is 17.9. The number of rotatable bonds is 6. The van der Waals surface area contributed by atoms with E-state index in [1.165, 1.54) is 25.1 Å². The van der Waals surface area contributed by atoms with Crippen molar-refractivity contribution in [3.63, 3.8) is 0 Å². The number of ketones is 1. The number of hydrogen-bond acceptors (Lipinski definition) is 6. The molecule has 0 saturated carbocycles. The van der Waals surface area contributed by atoms with E-state index < -0.39 is 21.4 Å². The molecule has 3 atom stereocenters. The minimum Gasteiger partial charge on any atom is -0.376 e. The highest BCUT2D eigenvalue weighted by molar-refractivity contribution is 7.88. The predicted molar refractivity (Wildman–Crippen MR) is 114 cm³/mol. The van der Waals surface area contributed by atoms with Crippen LogP contribution in [0.25, 0.3) is 0 Å². The molecule has 2 aromatic rings. The third kappa shape index (κ3) is 5.31. The summed E-state index contributed by atoms with van der Waals surface area (Å²) in [5, 5.41) is 3.39. The van der Waals surface area contributed by atoms with Crippen molar-refractivity contribution in [3.8, 4) is 5.75 Å². The predicted octanol–water partition coefficient (Wildman–Crippen LogP) is 3.89. The Morgan fingerprint density at radius 3 is 2.38 bits per heavy atom. The lowest BCUT2D eigenvalue weighted by molar-refractivity contribution is -0.0500. The summed E-state index contributed by atoms with van der Waals surface area (Å²) in [7, 11) is -5.78. The smallest absolute Gasteiger partial charge is 0.376 e. The highest BCUT2D eigenvalue weighted by Gasteiger charge is 2.48. The quantitative estimate of drug-likeness (QED) is 0.392. The second kappa shape index (κ2) is 9.21. The van der Waals surface area contributed by atoms with Crippen molar-refractivity contribution in [2.24, 2.45) is 0 Å². The minimum atomic E-state index is -5.78. The number of hydrogen-bond donors (Lipinski definition) is 1. The molecular formula is C22H25F3N2O4S. The van der Waals surface area contributed by atoms with Crippen LogP contribution in [0.4, 0.5) is 13.2 Å². The van der Waals surface area contributed by atoms with Crippen LogP contribution in [0.3, 0.4) is 0 Å². The third-order valence-corrected chi connectivity index (χ3v) is 6.42. The fourth-order valence-electron chi connectivity index (χ4n) is 3.80. The lowest BCUT2D eigenvalue weighted by Crippen LogP contribution is -2.55. The number of halogens is 3. The molecule has 174 valence electrons. The van der Waals surface area contributed by atoms with Crippen molar-refractivity contribution in [1.29, 1.82) is 0 Å². The molecule has 10 heteroatoms. The van der Waals surface area contributed by atoms with E-state index in [0.29, 0.717) is 24.2 Å². The summed E-state index contributed by atoms with van der Waals surface area (Å²) >= 11 is 0. The maximum Gasteiger partial charge on any atom is 0.534 e. The molecule has 3 rings (SSSR count). The molecule has 1 N–H and O–H groups in total. The molecule has 1 aliphatic heterocycles. The van der Waals surface area contributed by atoms with Gasteiger partial charge in [-0.05, 0) is 44.0 Å². The minimum absolute atomic E-state index is 0.0787. The lowest BCUT2D eigenvalue weighted by atomic mass is 9.93. The summed E-state index contributed by atoms with van der Waals surface area (Å²) in [6, 6.07) is 12.6. The van der Waals surface area contributed by atoms with Crippen LogP contribution >= 0.6 is 0 Å². The van der Waals surface area contributed by atoms with Crippen molar-refractivity contribution < 1.29 is 30.6 Å². The maximum atomic E-state index is 12.8. The van der Waals surface area contributed by atoms with E-state index in [1.807, 2.05) is 13.8 Å². The van der Waals surface area contributed by atoms with E-state index in [0.717, 1.165) is 5.56 Å². The van der Waals surface area contributed by atoms with Crippen molar-refractivity contribution in [1.82, 2.24) is 10.2 Å². The van der Waals surface area contributed by atoms with E-state index in [4.69, 9.17) is 0 Å². The van der Waals surface area contributed by atoms with Crippen LogP contribution in [0.5, 0.6) is 5.75 Å². The first-order valence-corrected chi connectivity index (χ1v) is 11.5. The van der Waals surface area contributed by atoms with Crippen molar-refractivity contribution in [2.75, 3.05) is 13.1 Å². The summed E-state index contributed by atoms with van der Waals surface area (Å²) in [6.45, 7) is 6.90. The molecule has 0 amide bonds. The van der Waals surface area contributed by atoms with Gasteiger partial charge in [-0.3, -0.25) is 9.69 Å². The van der Waals surface area contributed by atoms with Crippen molar-refractivity contribution >= 4 is 15.9 Å². The Morgan fingerprint density at radius 1 is 1.12 bits per heavy atom. The summed E-state index contributed by atoms with van der Waals surface area (Å²) < 4.78 is 65.6. The molecule has 0 aromatic heterocycles. The van der Waals surface area contributed by atoms with Crippen LogP contribution < -0.4 is 9.50 Å². The van der Waals surface area contributed by atoms with Gasteiger partial charge in [0.1, 0.15) is 5.75 Å². The first-order chi connectivity index (χ1) is 14.9. The summed E-state index contributed by atoms with van der Waals surface area (Å²) in [5.74, 6) is -0.494. The Balaban J connectivity index is 2.04. The molecule has 1 heterocycles. The lowest BCUT2D eigenvalue weighted by Gasteiger charge is -2.43. The third-order valence-electron chi connectivity index (χ3n) is 5.44. The number of alkyl halides is 3. The van der Waals surface area contributed by atoms with Crippen LogP contribution in [0, 0.1) is 0 Å². The second-order valence-electron chi connectivity index (χ2n) is 7.99. The number of piperazine rings is 1. The Kier molecular flexibility index (Phi) is 6.97. The largest absolute Gasteiger partial charge is 0.534 e. The molecular weight excluding hydrogens is 445 g/mol. The summed E-state index contributed by atoms with van der Waals surface area (Å²) in [5.41, 5.74) is -3.57. The zero-order chi connectivity index (χ0) is 23.7. The Bertz CT molecular complexity index is 1070. The standard InChI is InChI=1S/C22H25F3N2O4S/c1-14-13-27(15(2)12-26-14)21(18-9-7-17(8-10-18)16(3)28)19-5-4-6-20(11-19)31-32(29,30)22(23,24)25/h4-11,14-15,21,26H,12-13H2,1-3H3/t14-,15+,21?/m1/s1. The van der Waals surface area contributed by atoms with Crippen LogP contribution in [0.2, 0.25) is 0 Å². The van der Waals surface area contributed by atoms with Gasteiger partial charge >= 0.3 is 15.6 Å². The molecule has 1 unspecified atom stereocenters. The second-order valence-corrected chi connectivity index (χ2v) is 9.53. The van der Waals surface area contributed by atoms with Crippen molar-refractivity contribution in [2.45, 2.75) is 44.4 Å². The fourth-order valence-corrected chi connectivity index (χ4v) is 4.25. The number of nitrogens with zero attached hydrogens (tertiary/aromatic N) is 1. The zero-order valence-corrected chi connectivity index (χ0v) is 18.7. The number of Topliss-reactive ketones (excluding diaryl/α,β-unsaturated/α-hetero) is 1. The van der Waals surface area contributed by atoms with E-state index >= 15 is 0 Å². The average molecular weight is 471 g/mol. The molecule has 1 saturated heterocycles. The Morgan fingerprint density at radius 2 is 1.78 bits per heavy atom. The SMILES string of the molecule is CC(=O)c1ccc(C(c2cccc(OS(=O)(=O)C(F)(F)F)c2)N2C[C@@H](C)NC[C@@H]2C)cc1. The Labute approximate surface area is 185 Å². The number of nitrogens with one attached hydrogen (secondary N) is 1. The van der Waals surface area contributed by atoms with Gasteiger partial charge in [-0.2, -0.15) is 21.6 Å². The van der Waals surface area contributed by atoms with E-state index in [1.54, 1.807) is 30.3 Å². The highest BCUT2D eigenvalue weighted by atomic mass is 32.2. The average Bonchev–Trinajstić information content (AvgIpc) is 2.70. The molecule has 32 heavy (non-hydrogen) atoms. The van der Waals surface area contributed by atoms with Crippen LogP contribution in [-0.4, -0.2) is 49.8 Å². The molecule has 0 spiro atoms. The highest BCUT2D eigenvalue weighted by Crippen LogP contribution is 2.35. The number of benzene rings is 2. The number of carbonyl (C=O) groups excluding carboxylic acids is 1. The van der Waals surface area contributed by atoms with Crippen LogP contribution in [0.1, 0.15) is 48.3 Å². The normalized spacial score (nSPS) is 21.2. The van der Waals surface area contributed by atoms with Gasteiger partial charge in [0.15, 0.2) is 5.78 Å². The monoisotopic (exact) mass is 470 g/mol. The summed E-state index contributed by atoms with van der Waals surface area (Å²) in [6.07, 6.45) is 0. The maximum absolute atomic E-state index is 12.8. The van der Waals surface area contributed by atoms with E-state index in [-0.39, 0.29) is 23.9 Å². The molecule has 0 bridgehead atoms. The van der Waals surface area contributed by atoms with Gasteiger partial charge < -0.3 is 9.50 Å². The van der Waals surface area contributed by atoms with Gasteiger partial charge in [0, 0.05) is 30.7 Å². The molecule has 6 nitrogen and oxygen atoms in total. The Hall–Kier alpha value is -2.43. The first kappa shape index (κ1) is 24.2. The van der Waals surface area contributed by atoms with Gasteiger partial charge in [-0.25, -0.2) is 0 Å². The molecule has 1 aliphatic rings. The molecule has 0 radical (unpaired) electrons. The number of carbonyl (C=O) groups is 1. The van der Waals surface area contributed by atoms with Gasteiger partial charge in [-0.15, -0.1) is 0 Å². The van der Waals surface area contributed by atoms with Gasteiger partial charge in [-0.1, -0.05) is 36.4 Å². The fraction of sp³-hybridized carbons (Fsp3) is 0.409. The van der Waals surface area contributed by atoms with E-state index in [2.05, 4.69) is 14.4 Å². The van der Waals surface area contributed by atoms with Crippen LogP contribution in [-0.2, 0) is 10.1 Å². The topological polar surface area (TPSA) is 75.7 Å². The van der Waals surface area contributed by atoms with Crippen LogP contribution in [0.15, 0.2) is 48.5 Å². The molecule has 2 aromatic carbocycles. The van der Waals surface area contributed by atoms with E-state index in [9.17, 15) is 26.4 Å². The molecule has 1 fully saturated rings.